The van der Waals surface area contributed by atoms with Crippen molar-refractivity contribution in [1.29, 1.82) is 0 Å². The summed E-state index contributed by atoms with van der Waals surface area (Å²) in [5.41, 5.74) is 2.00. The van der Waals surface area contributed by atoms with Crippen molar-refractivity contribution in [3.8, 4) is 11.5 Å². The van der Waals surface area contributed by atoms with Gasteiger partial charge in [-0.3, -0.25) is 4.79 Å². The highest BCUT2D eigenvalue weighted by atomic mass is 16.6. The van der Waals surface area contributed by atoms with E-state index in [4.69, 9.17) is 14.2 Å². The normalized spacial score (nSPS) is 19.0. The topological polar surface area (TPSA) is 65.1 Å². The number of likely N-dealkylation sites (tertiary alicyclic amines) is 1. The van der Waals surface area contributed by atoms with Crippen LogP contribution >= 0.6 is 0 Å². The van der Waals surface area contributed by atoms with Gasteiger partial charge in [0.25, 0.3) is 0 Å². The Morgan fingerprint density at radius 2 is 1.71 bits per heavy atom. The number of nitrogens with zero attached hydrogens (tertiary/aromatic N) is 1. The number of Topliss-reactive ketones (excluding diaryl/α,β-unsaturated/α-hetero) is 1. The van der Waals surface area contributed by atoms with Gasteiger partial charge in [0, 0.05) is 30.6 Å². The highest BCUT2D eigenvalue weighted by Gasteiger charge is 2.30. The predicted octanol–water partition coefficient (Wildman–Crippen LogP) is 4.02. The molecule has 1 aromatic carbocycles. The summed E-state index contributed by atoms with van der Waals surface area (Å²) in [5, 5.41) is 0. The Morgan fingerprint density at radius 3 is 2.29 bits per heavy atom. The molecule has 0 bridgehead atoms. The summed E-state index contributed by atoms with van der Waals surface area (Å²) < 4.78 is 16.1. The van der Waals surface area contributed by atoms with E-state index in [9.17, 15) is 9.59 Å². The molecular formula is C22H29NO5. The third kappa shape index (κ3) is 4.32. The number of rotatable bonds is 3. The maximum atomic E-state index is 12.8. The Labute approximate surface area is 166 Å². The smallest absolute Gasteiger partial charge is 0.410 e. The summed E-state index contributed by atoms with van der Waals surface area (Å²) in [6, 6.07) is 3.65. The maximum Gasteiger partial charge on any atom is 0.410 e. The van der Waals surface area contributed by atoms with Gasteiger partial charge < -0.3 is 19.1 Å². The van der Waals surface area contributed by atoms with Crippen molar-refractivity contribution >= 4 is 11.9 Å². The lowest BCUT2D eigenvalue weighted by atomic mass is 9.93. The third-order valence-electron chi connectivity index (χ3n) is 5.15. The Balaban J connectivity index is 1.66. The van der Waals surface area contributed by atoms with E-state index < -0.39 is 5.60 Å². The van der Waals surface area contributed by atoms with Crippen molar-refractivity contribution in [3.63, 3.8) is 0 Å². The molecule has 1 fully saturated rings. The fourth-order valence-electron chi connectivity index (χ4n) is 3.73. The number of carbonyl (C=O) groups is 2. The first-order valence-electron chi connectivity index (χ1n) is 9.70. The van der Waals surface area contributed by atoms with Crippen LogP contribution in [0.5, 0.6) is 11.5 Å². The first kappa shape index (κ1) is 20.2. The van der Waals surface area contributed by atoms with E-state index >= 15 is 0 Å². The quantitative estimate of drug-likeness (QED) is 0.733. The first-order valence-corrected chi connectivity index (χ1v) is 9.70. The molecule has 0 spiro atoms. The van der Waals surface area contributed by atoms with Crippen molar-refractivity contribution in [3.05, 3.63) is 34.9 Å². The number of ketones is 1. The predicted molar refractivity (Wildman–Crippen MR) is 106 cm³/mol. The van der Waals surface area contributed by atoms with Crippen LogP contribution in [0.4, 0.5) is 4.79 Å². The van der Waals surface area contributed by atoms with Gasteiger partial charge in [0.15, 0.2) is 17.3 Å². The number of fused-ring (bicyclic) bond motifs is 1. The number of carbonyl (C=O) groups excluding carboxylic acids is 2. The summed E-state index contributed by atoms with van der Waals surface area (Å²) in [6.45, 7) is 6.90. The highest BCUT2D eigenvalue weighted by molar-refractivity contribution is 6.13. The minimum absolute atomic E-state index is 0.0607. The van der Waals surface area contributed by atoms with E-state index in [1.807, 2.05) is 26.8 Å². The van der Waals surface area contributed by atoms with Gasteiger partial charge in [-0.2, -0.15) is 0 Å². The molecule has 1 amide bonds. The number of benzene rings is 1. The van der Waals surface area contributed by atoms with Gasteiger partial charge in [0.2, 0.25) is 0 Å². The number of piperidine rings is 1. The zero-order chi connectivity index (χ0) is 20.5. The Kier molecular flexibility index (Phi) is 5.68. The second-order valence-corrected chi connectivity index (χ2v) is 8.37. The van der Waals surface area contributed by atoms with Gasteiger partial charge >= 0.3 is 6.09 Å². The van der Waals surface area contributed by atoms with Crippen molar-refractivity contribution in [1.82, 2.24) is 4.90 Å². The lowest BCUT2D eigenvalue weighted by Gasteiger charge is -2.32. The molecule has 0 N–H and O–H groups in total. The molecule has 6 heteroatoms. The molecule has 1 aromatic rings. The SMILES string of the molecule is COc1cc2c(cc1OC)C(=O)/C(=C/C1CCN(C(=O)OC(C)(C)C)CC1)C2. The monoisotopic (exact) mass is 387 g/mol. The molecule has 0 aromatic heterocycles. The molecule has 1 aliphatic carbocycles. The molecule has 0 atom stereocenters. The Hall–Kier alpha value is -2.50. The largest absolute Gasteiger partial charge is 0.493 e. The van der Waals surface area contributed by atoms with Crippen molar-refractivity contribution in [2.75, 3.05) is 27.3 Å². The van der Waals surface area contributed by atoms with E-state index in [0.29, 0.717) is 36.6 Å². The van der Waals surface area contributed by atoms with Crippen LogP contribution < -0.4 is 9.47 Å². The zero-order valence-electron chi connectivity index (χ0n) is 17.3. The second-order valence-electron chi connectivity index (χ2n) is 8.37. The molecule has 28 heavy (non-hydrogen) atoms. The molecule has 6 nitrogen and oxygen atoms in total. The molecule has 0 unspecified atom stereocenters. The van der Waals surface area contributed by atoms with Crippen LogP contribution in [0.2, 0.25) is 0 Å². The lowest BCUT2D eigenvalue weighted by Crippen LogP contribution is -2.41. The van der Waals surface area contributed by atoms with Crippen LogP contribution in [-0.2, 0) is 11.2 Å². The molecule has 1 saturated heterocycles. The fourth-order valence-corrected chi connectivity index (χ4v) is 3.73. The van der Waals surface area contributed by atoms with Crippen LogP contribution in [-0.4, -0.2) is 49.7 Å². The van der Waals surface area contributed by atoms with Crippen LogP contribution in [0.15, 0.2) is 23.8 Å². The van der Waals surface area contributed by atoms with Crippen molar-refractivity contribution in [2.45, 2.75) is 45.6 Å². The fraction of sp³-hybridized carbons (Fsp3) is 0.545. The molecular weight excluding hydrogens is 358 g/mol. The van der Waals surface area contributed by atoms with Crippen LogP contribution in [0.1, 0.15) is 49.5 Å². The Morgan fingerprint density at radius 1 is 1.11 bits per heavy atom. The molecule has 3 rings (SSSR count). The van der Waals surface area contributed by atoms with Gasteiger partial charge in [0.1, 0.15) is 5.60 Å². The summed E-state index contributed by atoms with van der Waals surface area (Å²) in [5.74, 6) is 1.56. The number of amides is 1. The van der Waals surface area contributed by atoms with E-state index in [1.54, 1.807) is 25.2 Å². The van der Waals surface area contributed by atoms with Gasteiger partial charge in [-0.15, -0.1) is 0 Å². The standard InChI is InChI=1S/C22H29NO5/c1-22(2,3)28-21(25)23-8-6-14(7-9-23)10-16-11-15-12-18(26-4)19(27-5)13-17(15)20(16)24/h10,12-14H,6-9,11H2,1-5H3/b16-10+. The average Bonchev–Trinajstić information content (AvgIpc) is 2.94. The van der Waals surface area contributed by atoms with E-state index in [0.717, 1.165) is 24.0 Å². The number of methoxy groups -OCH3 is 2. The molecule has 152 valence electrons. The van der Waals surface area contributed by atoms with Crippen molar-refractivity contribution in [2.24, 2.45) is 5.92 Å². The van der Waals surface area contributed by atoms with Gasteiger partial charge in [-0.1, -0.05) is 6.08 Å². The Bertz CT molecular complexity index is 798. The molecule has 1 heterocycles. The molecule has 1 aliphatic heterocycles. The lowest BCUT2D eigenvalue weighted by molar-refractivity contribution is 0.0197. The van der Waals surface area contributed by atoms with Crippen LogP contribution in [0, 0.1) is 5.92 Å². The van der Waals surface area contributed by atoms with Gasteiger partial charge in [0.05, 0.1) is 14.2 Å². The molecule has 2 aliphatic rings. The summed E-state index contributed by atoms with van der Waals surface area (Å²) in [6.07, 6.45) is 4.11. The van der Waals surface area contributed by atoms with Crippen LogP contribution in [0.3, 0.4) is 0 Å². The van der Waals surface area contributed by atoms with Gasteiger partial charge in [-0.05, 0) is 57.2 Å². The van der Waals surface area contributed by atoms with E-state index in [1.165, 1.54) is 0 Å². The summed E-state index contributed by atoms with van der Waals surface area (Å²) in [7, 11) is 3.16. The molecule has 0 saturated carbocycles. The number of allylic oxidation sites excluding steroid dienone is 2. The van der Waals surface area contributed by atoms with Crippen LogP contribution in [0.25, 0.3) is 0 Å². The number of ether oxygens (including phenoxy) is 3. The summed E-state index contributed by atoms with van der Waals surface area (Å²) in [4.78, 5) is 26.8. The maximum absolute atomic E-state index is 12.8. The zero-order valence-corrected chi connectivity index (χ0v) is 17.3. The molecule has 0 radical (unpaired) electrons. The average molecular weight is 387 g/mol. The minimum atomic E-state index is -0.486. The second kappa shape index (κ2) is 7.86. The highest BCUT2D eigenvalue weighted by Crippen LogP contribution is 2.37. The third-order valence-corrected chi connectivity index (χ3v) is 5.15. The first-order chi connectivity index (χ1) is 13.2. The summed E-state index contributed by atoms with van der Waals surface area (Å²) >= 11 is 0. The van der Waals surface area contributed by atoms with Crippen molar-refractivity contribution < 1.29 is 23.8 Å². The minimum Gasteiger partial charge on any atom is -0.493 e. The number of hydrogen-bond acceptors (Lipinski definition) is 5. The van der Waals surface area contributed by atoms with E-state index in [-0.39, 0.29) is 17.8 Å². The van der Waals surface area contributed by atoms with Gasteiger partial charge in [-0.25, -0.2) is 4.79 Å². The van der Waals surface area contributed by atoms with E-state index in [2.05, 4.69) is 6.08 Å². The number of hydrogen-bond donors (Lipinski definition) is 0.